The van der Waals surface area contributed by atoms with Crippen LogP contribution in [0.3, 0.4) is 0 Å². The van der Waals surface area contributed by atoms with E-state index in [0.717, 1.165) is 37.4 Å². The molecule has 0 atom stereocenters. The van der Waals surface area contributed by atoms with Crippen LogP contribution >= 0.6 is 39.3 Å². The Morgan fingerprint density at radius 3 is 2.48 bits per heavy atom. The molecule has 0 radical (unpaired) electrons. The lowest BCUT2D eigenvalue weighted by atomic mass is 9.95. The number of hydrogen-bond acceptors (Lipinski definition) is 3. The minimum atomic E-state index is 0.473. The molecule has 1 fully saturated rings. The van der Waals surface area contributed by atoms with Crippen molar-refractivity contribution in [3.05, 3.63) is 63.6 Å². The minimum Gasteiger partial charge on any atom is -0.299 e. The van der Waals surface area contributed by atoms with Crippen LogP contribution in [0.2, 0.25) is 5.02 Å². The summed E-state index contributed by atoms with van der Waals surface area (Å²) in [7, 11) is 0. The van der Waals surface area contributed by atoms with Gasteiger partial charge < -0.3 is 0 Å². The van der Waals surface area contributed by atoms with E-state index in [1.165, 1.54) is 32.1 Å². The first kappa shape index (κ1) is 19.0. The van der Waals surface area contributed by atoms with Crippen LogP contribution in [0.15, 0.2) is 58.2 Å². The summed E-state index contributed by atoms with van der Waals surface area (Å²) in [6.45, 7) is 0. The summed E-state index contributed by atoms with van der Waals surface area (Å²) in [6, 6.07) is 16.8. The monoisotopic (exact) mass is 461 g/mol. The van der Waals surface area contributed by atoms with Crippen molar-refractivity contribution in [2.75, 3.05) is 0 Å². The van der Waals surface area contributed by atoms with E-state index in [9.17, 15) is 0 Å². The first-order valence-corrected chi connectivity index (χ1v) is 11.4. The number of thioether (sulfide) groups is 1. The van der Waals surface area contributed by atoms with Gasteiger partial charge >= 0.3 is 0 Å². The largest absolute Gasteiger partial charge is 0.299 e. The fraction of sp³-hybridized carbons (Fsp3) is 0.333. The summed E-state index contributed by atoms with van der Waals surface area (Å²) < 4.78 is 3.44. The van der Waals surface area contributed by atoms with Crippen LogP contribution in [0.5, 0.6) is 0 Å². The third-order valence-electron chi connectivity index (χ3n) is 5.02. The van der Waals surface area contributed by atoms with Crippen molar-refractivity contribution in [2.24, 2.45) is 0 Å². The molecular weight excluding hydrogens is 442 g/mol. The molecule has 6 heteroatoms. The molecule has 1 heterocycles. The number of benzene rings is 2. The highest BCUT2D eigenvalue weighted by atomic mass is 79.9. The molecule has 4 rings (SSSR count). The maximum Gasteiger partial charge on any atom is 0.192 e. The molecule has 0 aliphatic heterocycles. The second-order valence-corrected chi connectivity index (χ2v) is 9.12. The van der Waals surface area contributed by atoms with E-state index in [0.29, 0.717) is 6.04 Å². The van der Waals surface area contributed by atoms with Crippen molar-refractivity contribution in [3.63, 3.8) is 0 Å². The first-order valence-electron chi connectivity index (χ1n) is 9.29. The van der Waals surface area contributed by atoms with Crippen molar-refractivity contribution in [2.45, 2.75) is 49.1 Å². The number of nitrogens with zero attached hydrogens (tertiary/aromatic N) is 3. The zero-order valence-corrected chi connectivity index (χ0v) is 18.1. The fourth-order valence-corrected chi connectivity index (χ4v) is 5.15. The predicted molar refractivity (Wildman–Crippen MR) is 116 cm³/mol. The molecule has 0 N–H and O–H groups in total. The maximum absolute atomic E-state index is 6.33. The molecule has 140 valence electrons. The van der Waals surface area contributed by atoms with Crippen LogP contribution in [0, 0.1) is 0 Å². The Kier molecular flexibility index (Phi) is 6.21. The van der Waals surface area contributed by atoms with Gasteiger partial charge in [-0.1, -0.05) is 88.9 Å². The molecule has 0 unspecified atom stereocenters. The number of aromatic nitrogens is 3. The molecule has 0 amide bonds. The highest BCUT2D eigenvalue weighted by Crippen LogP contribution is 2.37. The summed E-state index contributed by atoms with van der Waals surface area (Å²) in [5, 5.41) is 10.9. The molecule has 3 aromatic rings. The van der Waals surface area contributed by atoms with Gasteiger partial charge in [0.25, 0.3) is 0 Å². The summed E-state index contributed by atoms with van der Waals surface area (Å²) in [6.07, 6.45) is 6.27. The Balaban J connectivity index is 1.66. The minimum absolute atomic E-state index is 0.473. The van der Waals surface area contributed by atoms with E-state index in [-0.39, 0.29) is 0 Å². The third kappa shape index (κ3) is 4.41. The van der Waals surface area contributed by atoms with Gasteiger partial charge in [-0.25, -0.2) is 0 Å². The van der Waals surface area contributed by atoms with Gasteiger partial charge in [-0.3, -0.25) is 4.57 Å². The summed E-state index contributed by atoms with van der Waals surface area (Å²) in [4.78, 5) is 0. The topological polar surface area (TPSA) is 30.7 Å². The standard InChI is InChI=1S/C21H21BrClN3S/c22-17-12-10-15(11-13-17)20-24-25-21(26(20)18-7-2-1-3-8-18)27-14-16-6-4-5-9-19(16)23/h4-6,9-13,18H,1-3,7-8,14H2. The predicted octanol–water partition coefficient (Wildman–Crippen LogP) is 7.16. The van der Waals surface area contributed by atoms with Gasteiger partial charge in [-0.15, -0.1) is 10.2 Å². The Morgan fingerprint density at radius 1 is 1.00 bits per heavy atom. The number of hydrogen-bond donors (Lipinski definition) is 0. The van der Waals surface area contributed by atoms with Crippen molar-refractivity contribution < 1.29 is 0 Å². The van der Waals surface area contributed by atoms with Gasteiger partial charge in [0.15, 0.2) is 11.0 Å². The average molecular weight is 463 g/mol. The molecule has 0 bridgehead atoms. The Bertz CT molecular complexity index is 904. The van der Waals surface area contributed by atoms with E-state index in [2.05, 4.69) is 61.0 Å². The van der Waals surface area contributed by atoms with Gasteiger partial charge in [0.1, 0.15) is 0 Å². The van der Waals surface area contributed by atoms with Crippen LogP contribution in [0.25, 0.3) is 11.4 Å². The second-order valence-electron chi connectivity index (χ2n) is 6.85. The number of rotatable bonds is 5. The second kappa shape index (κ2) is 8.80. The molecule has 27 heavy (non-hydrogen) atoms. The van der Waals surface area contributed by atoms with Crippen LogP contribution < -0.4 is 0 Å². The molecule has 1 aliphatic carbocycles. The van der Waals surface area contributed by atoms with Gasteiger partial charge in [-0.05, 0) is 36.6 Å². The summed E-state index contributed by atoms with van der Waals surface area (Å²) in [5.41, 5.74) is 2.24. The quantitative estimate of drug-likeness (QED) is 0.377. The van der Waals surface area contributed by atoms with E-state index < -0.39 is 0 Å². The molecule has 0 spiro atoms. The molecular formula is C21H21BrClN3S. The smallest absolute Gasteiger partial charge is 0.192 e. The van der Waals surface area contributed by atoms with E-state index >= 15 is 0 Å². The number of halogens is 2. The fourth-order valence-electron chi connectivity index (χ4n) is 3.60. The Labute approximate surface area is 177 Å². The normalized spacial score (nSPS) is 15.2. The Morgan fingerprint density at radius 2 is 1.74 bits per heavy atom. The lowest BCUT2D eigenvalue weighted by molar-refractivity contribution is 0.339. The van der Waals surface area contributed by atoms with Gasteiger partial charge in [-0.2, -0.15) is 0 Å². The Hall–Kier alpha value is -1.30. The van der Waals surface area contributed by atoms with Crippen molar-refractivity contribution in [3.8, 4) is 11.4 Å². The summed E-state index contributed by atoms with van der Waals surface area (Å²) in [5.74, 6) is 1.77. The van der Waals surface area contributed by atoms with Crippen LogP contribution in [0.1, 0.15) is 43.7 Å². The molecule has 0 saturated heterocycles. The average Bonchev–Trinajstić information content (AvgIpc) is 3.12. The lowest BCUT2D eigenvalue weighted by Gasteiger charge is -2.25. The van der Waals surface area contributed by atoms with Crippen molar-refractivity contribution >= 4 is 39.3 Å². The van der Waals surface area contributed by atoms with Crippen molar-refractivity contribution in [1.29, 1.82) is 0 Å². The van der Waals surface area contributed by atoms with Crippen LogP contribution in [0.4, 0.5) is 0 Å². The zero-order chi connectivity index (χ0) is 18.6. The SMILES string of the molecule is Clc1ccccc1CSc1nnc(-c2ccc(Br)cc2)n1C1CCCCC1. The summed E-state index contributed by atoms with van der Waals surface area (Å²) >= 11 is 11.6. The molecule has 3 nitrogen and oxygen atoms in total. The van der Waals surface area contributed by atoms with E-state index in [4.69, 9.17) is 11.6 Å². The molecule has 1 saturated carbocycles. The van der Waals surface area contributed by atoms with Crippen LogP contribution in [-0.4, -0.2) is 14.8 Å². The molecule has 1 aromatic heterocycles. The first-order chi connectivity index (χ1) is 13.2. The van der Waals surface area contributed by atoms with Gasteiger partial charge in [0.05, 0.1) is 0 Å². The van der Waals surface area contributed by atoms with Gasteiger partial charge in [0, 0.05) is 26.9 Å². The van der Waals surface area contributed by atoms with E-state index in [1.54, 1.807) is 11.8 Å². The highest BCUT2D eigenvalue weighted by molar-refractivity contribution is 9.10. The van der Waals surface area contributed by atoms with Gasteiger partial charge in [0.2, 0.25) is 0 Å². The molecule has 1 aliphatic rings. The van der Waals surface area contributed by atoms with E-state index in [1.807, 2.05) is 18.2 Å². The van der Waals surface area contributed by atoms with Crippen molar-refractivity contribution in [1.82, 2.24) is 14.8 Å². The van der Waals surface area contributed by atoms with Crippen LogP contribution in [-0.2, 0) is 5.75 Å². The zero-order valence-electron chi connectivity index (χ0n) is 14.9. The highest BCUT2D eigenvalue weighted by Gasteiger charge is 2.24. The molecule has 2 aromatic carbocycles. The lowest BCUT2D eigenvalue weighted by Crippen LogP contribution is -2.15. The maximum atomic E-state index is 6.33. The third-order valence-corrected chi connectivity index (χ3v) is 6.91.